The van der Waals surface area contributed by atoms with E-state index in [0.717, 1.165) is 24.3 Å². The molecule has 0 amide bonds. The van der Waals surface area contributed by atoms with Crippen LogP contribution in [0.3, 0.4) is 0 Å². The lowest BCUT2D eigenvalue weighted by molar-refractivity contribution is -0.385. The summed E-state index contributed by atoms with van der Waals surface area (Å²) in [6, 6.07) is 20.0. The number of nitro benzene ring substituents is 2. The Morgan fingerprint density at radius 3 is 1.39 bits per heavy atom. The van der Waals surface area contributed by atoms with Crippen LogP contribution in [0.1, 0.15) is 0 Å². The van der Waals surface area contributed by atoms with Gasteiger partial charge < -0.3 is 20.1 Å². The molecule has 0 aliphatic heterocycles. The Balaban J connectivity index is 1.64. The average Bonchev–Trinajstić information content (AvgIpc) is 2.92. The Hall–Kier alpha value is -5.27. The molecule has 0 bridgehead atoms. The van der Waals surface area contributed by atoms with Gasteiger partial charge in [-0.05, 0) is 54.6 Å². The smallest absolute Gasteiger partial charge is 0.424 e. The topological polar surface area (TPSA) is 205 Å². The molecule has 0 saturated heterocycles. The molecule has 0 unspecified atom stereocenters. The van der Waals surface area contributed by atoms with Gasteiger partial charge in [0.15, 0.2) is 10.0 Å². The molecule has 0 saturated carbocycles. The van der Waals surface area contributed by atoms with E-state index in [9.17, 15) is 50.2 Å². The molecule has 0 aliphatic carbocycles. The molecule has 3 N–H and O–H groups in total. The molecule has 0 fully saturated rings. The molecule has 4 aromatic carbocycles. The van der Waals surface area contributed by atoms with Gasteiger partial charge in [-0.3, -0.25) is 20.2 Å². The maximum absolute atomic E-state index is 12.6. The molecule has 19 heteroatoms. The van der Waals surface area contributed by atoms with Crippen molar-refractivity contribution in [2.24, 2.45) is 0 Å². The van der Waals surface area contributed by atoms with Crippen LogP contribution < -0.4 is 16.0 Å². The first-order valence-electron chi connectivity index (χ1n) is 11.9. The van der Waals surface area contributed by atoms with Crippen molar-refractivity contribution in [2.75, 3.05) is 16.0 Å². The van der Waals surface area contributed by atoms with Crippen LogP contribution in [0.15, 0.2) is 95.9 Å². The maximum Gasteiger partial charge on any atom is 0.480 e. The van der Waals surface area contributed by atoms with Crippen molar-refractivity contribution in [3.05, 3.63) is 115 Å². The quantitative estimate of drug-likeness (QED) is 0.116. The average molecular weight is 652 g/mol. The number of hydrogen-bond acceptors (Lipinski definition) is 11. The van der Waals surface area contributed by atoms with Crippen LogP contribution in [0.2, 0.25) is 0 Å². The van der Waals surface area contributed by atoms with Crippen LogP contribution in [-0.4, -0.2) is 32.2 Å². The minimum atomic E-state index is -6.31. The number of nitrogens with zero attached hydrogens (tertiary/aromatic N) is 3. The lowest BCUT2D eigenvalue weighted by atomic mass is 10.2. The molecule has 14 nitrogen and oxygen atoms in total. The fraction of sp³-hybridized carbons (Fsp3) is 0.0400. The third-order valence-corrected chi connectivity index (χ3v) is 8.58. The summed E-state index contributed by atoms with van der Waals surface area (Å²) in [5, 5.41) is 31.3. The summed E-state index contributed by atoms with van der Waals surface area (Å²) in [5.74, 6) is 0. The van der Waals surface area contributed by atoms with Gasteiger partial charge in [0.25, 0.3) is 11.4 Å². The van der Waals surface area contributed by atoms with Gasteiger partial charge in [-0.2, -0.15) is 13.2 Å². The van der Waals surface area contributed by atoms with E-state index in [2.05, 4.69) is 16.0 Å². The van der Waals surface area contributed by atoms with E-state index in [1.54, 1.807) is 30.3 Å². The van der Waals surface area contributed by atoms with Crippen LogP contribution in [0, 0.1) is 20.2 Å². The number of nitrogens with one attached hydrogen (secondary N) is 3. The third kappa shape index (κ3) is 7.76. The number of hydrogen-bond donors (Lipinski definition) is 3. The molecule has 44 heavy (non-hydrogen) atoms. The first kappa shape index (κ1) is 31.7. The number of nitro groups is 2. The van der Waals surface area contributed by atoms with E-state index in [4.69, 9.17) is 0 Å². The van der Waals surface area contributed by atoms with E-state index in [1.165, 1.54) is 36.4 Å². The molecule has 0 aliphatic rings. The van der Waals surface area contributed by atoms with E-state index in [0.29, 0.717) is 28.4 Å². The minimum Gasteiger partial charge on any atom is -0.424 e. The summed E-state index contributed by atoms with van der Waals surface area (Å²) >= 11 is 0. The Kier molecular flexibility index (Phi) is 8.74. The Labute approximate surface area is 246 Å². The molecule has 230 valence electrons. The van der Waals surface area contributed by atoms with Crippen LogP contribution in [0.5, 0.6) is 0 Å². The van der Waals surface area contributed by atoms with Gasteiger partial charge in [0, 0.05) is 63.3 Å². The second-order valence-corrected chi connectivity index (χ2v) is 12.2. The summed E-state index contributed by atoms with van der Waals surface area (Å²) in [6.07, 6.45) is 0. The molecule has 4 aromatic rings. The van der Waals surface area contributed by atoms with Crippen molar-refractivity contribution in [1.82, 2.24) is 0 Å². The summed E-state index contributed by atoms with van der Waals surface area (Å²) in [7, 11) is -11.5. The van der Waals surface area contributed by atoms with Crippen molar-refractivity contribution >= 4 is 65.5 Å². The minimum absolute atomic E-state index is 0.177. The molecular formula is C25H18F3N6O8S2-. The molecule has 0 spiro atoms. The highest BCUT2D eigenvalue weighted by atomic mass is 32.3. The molecule has 0 heterocycles. The fourth-order valence-electron chi connectivity index (χ4n) is 3.66. The van der Waals surface area contributed by atoms with Crippen molar-refractivity contribution in [3.8, 4) is 0 Å². The fourth-order valence-corrected chi connectivity index (χ4v) is 5.86. The predicted octanol–water partition coefficient (Wildman–Crippen LogP) is 6.65. The summed E-state index contributed by atoms with van der Waals surface area (Å²) < 4.78 is 86.6. The van der Waals surface area contributed by atoms with Gasteiger partial charge in [-0.25, -0.2) is 16.8 Å². The van der Waals surface area contributed by atoms with Crippen LogP contribution in [-0.2, 0) is 20.0 Å². The number of rotatable bonds is 11. The number of benzene rings is 4. The van der Waals surface area contributed by atoms with Gasteiger partial charge in [0.2, 0.25) is 0 Å². The zero-order valence-electron chi connectivity index (χ0n) is 21.7. The summed E-state index contributed by atoms with van der Waals surface area (Å²) in [6.45, 7) is 0. The lowest BCUT2D eigenvalue weighted by Crippen LogP contribution is -2.24. The summed E-state index contributed by atoms with van der Waals surface area (Å²) in [4.78, 5) is 20.4. The highest BCUT2D eigenvalue weighted by Gasteiger charge is 2.40. The Bertz CT molecular complexity index is 1880. The van der Waals surface area contributed by atoms with Gasteiger partial charge in [-0.1, -0.05) is 12.1 Å². The largest absolute Gasteiger partial charge is 0.480 e. The first-order valence-corrected chi connectivity index (χ1v) is 14.8. The van der Waals surface area contributed by atoms with Crippen molar-refractivity contribution in [1.29, 1.82) is 0 Å². The highest BCUT2D eigenvalue weighted by Crippen LogP contribution is 2.34. The monoisotopic (exact) mass is 651 g/mol. The number of anilines is 6. The van der Waals surface area contributed by atoms with E-state index < -0.39 is 40.3 Å². The van der Waals surface area contributed by atoms with Gasteiger partial charge in [0.1, 0.15) is 10.0 Å². The standard InChI is InChI=1S/C25H18F3N6O8S2/c26-25(27,28)44(41,42)32-43(39,40)24-9-7-16(8-10-24)29-19-11-20(30-17-3-1-5-22(14-17)33(35)36)13-21(12-19)31-18-4-2-6-23(15-18)34(37)38/h1-15,29-31H/q-1. The van der Waals surface area contributed by atoms with Gasteiger partial charge in [0.05, 0.1) is 9.85 Å². The molecule has 0 radical (unpaired) electrons. The first-order chi connectivity index (χ1) is 20.5. The van der Waals surface area contributed by atoms with Gasteiger partial charge in [-0.15, -0.1) is 0 Å². The molecule has 4 rings (SSSR count). The second kappa shape index (κ2) is 12.1. The van der Waals surface area contributed by atoms with E-state index in [-0.39, 0.29) is 17.1 Å². The maximum atomic E-state index is 12.6. The molecule has 0 aromatic heterocycles. The van der Waals surface area contributed by atoms with E-state index >= 15 is 0 Å². The number of halogens is 3. The lowest BCUT2D eigenvalue weighted by Gasteiger charge is -2.22. The number of non-ortho nitro benzene ring substituents is 2. The molecule has 0 atom stereocenters. The zero-order chi connectivity index (χ0) is 32.3. The van der Waals surface area contributed by atoms with E-state index in [1.807, 2.05) is 4.13 Å². The molecular weight excluding hydrogens is 633 g/mol. The van der Waals surface area contributed by atoms with Crippen LogP contribution in [0.25, 0.3) is 4.13 Å². The van der Waals surface area contributed by atoms with Crippen molar-refractivity contribution < 1.29 is 39.9 Å². The number of sulfonamides is 2. The zero-order valence-corrected chi connectivity index (χ0v) is 23.4. The van der Waals surface area contributed by atoms with Crippen LogP contribution in [0.4, 0.5) is 58.7 Å². The SMILES string of the molecule is O=[N+]([O-])c1cccc(Nc2cc(Nc3ccc(S(=O)(=O)[N-]S(=O)(=O)C(F)(F)F)cc3)cc(Nc3cccc([N+](=O)[O-])c3)c2)c1. The van der Waals surface area contributed by atoms with Crippen LogP contribution >= 0.6 is 0 Å². The normalized spacial score (nSPS) is 11.9. The van der Waals surface area contributed by atoms with Gasteiger partial charge >= 0.3 is 5.51 Å². The van der Waals surface area contributed by atoms with Crippen molar-refractivity contribution in [2.45, 2.75) is 10.4 Å². The Morgan fingerprint density at radius 2 is 1.00 bits per heavy atom. The third-order valence-electron chi connectivity index (χ3n) is 5.55. The Morgan fingerprint density at radius 1 is 0.591 bits per heavy atom. The van der Waals surface area contributed by atoms with Crippen molar-refractivity contribution in [3.63, 3.8) is 0 Å². The summed E-state index contributed by atoms with van der Waals surface area (Å²) in [5.41, 5.74) is -4.22. The predicted molar refractivity (Wildman–Crippen MR) is 154 cm³/mol. The second-order valence-electron chi connectivity index (χ2n) is 8.78. The number of alkyl halides is 3. The highest BCUT2D eigenvalue weighted by molar-refractivity contribution is 8.12.